The van der Waals surface area contributed by atoms with Gasteiger partial charge in [0.25, 0.3) is 0 Å². The van der Waals surface area contributed by atoms with Gasteiger partial charge in [0.05, 0.1) is 6.61 Å². The Morgan fingerprint density at radius 2 is 1.15 bits per heavy atom. The first-order valence-corrected chi connectivity index (χ1v) is 9.76. The van der Waals surface area contributed by atoms with Gasteiger partial charge in [-0.2, -0.15) is 0 Å². The molecule has 0 fully saturated rings. The number of ether oxygens (including phenoxy) is 1. The van der Waals surface area contributed by atoms with Gasteiger partial charge in [-0.3, -0.25) is 0 Å². The van der Waals surface area contributed by atoms with Crippen LogP contribution in [-0.2, 0) is 24.2 Å². The van der Waals surface area contributed by atoms with Crippen molar-refractivity contribution >= 4 is 6.08 Å². The molecule has 0 heterocycles. The average molecular weight is 357 g/mol. The van der Waals surface area contributed by atoms with E-state index in [-0.39, 0.29) is 0 Å². The van der Waals surface area contributed by atoms with Crippen LogP contribution < -0.4 is 0 Å². The molecule has 0 N–H and O–H groups in total. The molecule has 3 aromatic carbocycles. The van der Waals surface area contributed by atoms with Crippen LogP contribution in [0.15, 0.2) is 78.9 Å². The van der Waals surface area contributed by atoms with Gasteiger partial charge in [-0.15, -0.1) is 0 Å². The smallest absolute Gasteiger partial charge is 0.0716 e. The van der Waals surface area contributed by atoms with E-state index in [1.54, 1.807) is 0 Å². The average Bonchev–Trinajstić information content (AvgIpc) is 2.73. The van der Waals surface area contributed by atoms with Crippen LogP contribution in [0.1, 0.15) is 36.1 Å². The molecule has 1 nitrogen and oxygen atoms in total. The summed E-state index contributed by atoms with van der Waals surface area (Å²) in [6.45, 7) is 5.51. The van der Waals surface area contributed by atoms with Gasteiger partial charge in [-0.05, 0) is 60.1 Å². The molecule has 3 aromatic rings. The fourth-order valence-electron chi connectivity index (χ4n) is 3.15. The summed E-state index contributed by atoms with van der Waals surface area (Å²) in [5.74, 6) is 0. The largest absolute Gasteiger partial charge is 0.377 e. The molecule has 1 heteroatoms. The van der Waals surface area contributed by atoms with E-state index in [9.17, 15) is 0 Å². The second kappa shape index (κ2) is 9.89. The van der Waals surface area contributed by atoms with E-state index >= 15 is 0 Å². The van der Waals surface area contributed by atoms with E-state index in [0.717, 1.165) is 19.4 Å². The second-order valence-corrected chi connectivity index (χ2v) is 6.77. The summed E-state index contributed by atoms with van der Waals surface area (Å²) in [4.78, 5) is 0. The minimum atomic E-state index is 0.686. The Bertz CT molecular complexity index is 840. The van der Waals surface area contributed by atoms with Crippen molar-refractivity contribution in [2.75, 3.05) is 6.61 Å². The molecule has 27 heavy (non-hydrogen) atoms. The zero-order valence-corrected chi connectivity index (χ0v) is 16.3. The lowest BCUT2D eigenvalue weighted by Crippen LogP contribution is -1.92. The van der Waals surface area contributed by atoms with Gasteiger partial charge in [0, 0.05) is 6.61 Å². The minimum absolute atomic E-state index is 0.686. The van der Waals surface area contributed by atoms with Crippen LogP contribution in [-0.4, -0.2) is 6.61 Å². The molecule has 0 atom stereocenters. The topological polar surface area (TPSA) is 9.23 Å². The Hall–Kier alpha value is -2.64. The van der Waals surface area contributed by atoms with Crippen molar-refractivity contribution in [1.82, 2.24) is 0 Å². The number of aryl methyl sites for hydroxylation is 2. The summed E-state index contributed by atoms with van der Waals surface area (Å²) in [6.07, 6.45) is 6.34. The molecule has 0 aliphatic heterocycles. The second-order valence-electron chi connectivity index (χ2n) is 6.77. The molecule has 0 saturated carbocycles. The van der Waals surface area contributed by atoms with Crippen molar-refractivity contribution in [1.29, 1.82) is 0 Å². The molecule has 0 saturated heterocycles. The first-order chi connectivity index (χ1) is 13.3. The molecule has 138 valence electrons. The predicted octanol–water partition coefficient (Wildman–Crippen LogP) is 6.71. The van der Waals surface area contributed by atoms with Crippen LogP contribution in [0.3, 0.4) is 0 Å². The number of rotatable bonds is 8. The van der Waals surface area contributed by atoms with Crippen molar-refractivity contribution in [2.45, 2.75) is 33.3 Å². The Labute approximate surface area is 163 Å². The zero-order valence-electron chi connectivity index (χ0n) is 16.3. The van der Waals surface area contributed by atoms with Crippen LogP contribution in [0, 0.1) is 0 Å². The van der Waals surface area contributed by atoms with Crippen molar-refractivity contribution in [2.24, 2.45) is 0 Å². The Morgan fingerprint density at radius 3 is 1.63 bits per heavy atom. The number of hydrogen-bond donors (Lipinski definition) is 0. The maximum absolute atomic E-state index is 5.46. The molecule has 0 bridgehead atoms. The molecule has 0 radical (unpaired) electrons. The van der Waals surface area contributed by atoms with E-state index in [2.05, 4.69) is 84.9 Å². The highest BCUT2D eigenvalue weighted by Crippen LogP contribution is 2.21. The first-order valence-electron chi connectivity index (χ1n) is 9.76. The highest BCUT2D eigenvalue weighted by Gasteiger charge is 2.01. The van der Waals surface area contributed by atoms with Crippen LogP contribution in [0.2, 0.25) is 0 Å². The molecular weight excluding hydrogens is 328 g/mol. The normalized spacial score (nSPS) is 11.2. The fraction of sp³-hybridized carbons (Fsp3) is 0.231. The van der Waals surface area contributed by atoms with Crippen molar-refractivity contribution in [3.8, 4) is 11.1 Å². The van der Waals surface area contributed by atoms with Crippen molar-refractivity contribution < 1.29 is 4.74 Å². The van der Waals surface area contributed by atoms with Gasteiger partial charge in [0.1, 0.15) is 0 Å². The van der Waals surface area contributed by atoms with E-state index < -0.39 is 0 Å². The Balaban J connectivity index is 1.58. The molecular formula is C26H28O. The van der Waals surface area contributed by atoms with E-state index in [1.807, 2.05) is 13.8 Å². The van der Waals surface area contributed by atoms with Gasteiger partial charge >= 0.3 is 0 Å². The summed E-state index contributed by atoms with van der Waals surface area (Å²) in [5, 5.41) is 0. The van der Waals surface area contributed by atoms with Gasteiger partial charge in [0.2, 0.25) is 0 Å². The maximum Gasteiger partial charge on any atom is 0.0716 e. The monoisotopic (exact) mass is 356 g/mol. The lowest BCUT2D eigenvalue weighted by atomic mass is 9.99. The molecule has 0 aromatic heterocycles. The summed E-state index contributed by atoms with van der Waals surface area (Å²) in [7, 11) is 0. The third-order valence-corrected chi connectivity index (χ3v) is 4.76. The standard InChI is InChI=1S/C26H28O/c1-3-5-21-6-8-22(9-7-21)10-11-23-12-16-25(17-13-23)26-18-14-24(15-19-26)20-27-4-2/h3,5-9,12-19H,4,10-11,20H2,1-2H3. The predicted molar refractivity (Wildman–Crippen MR) is 116 cm³/mol. The van der Waals surface area contributed by atoms with Crippen LogP contribution in [0.4, 0.5) is 0 Å². The van der Waals surface area contributed by atoms with E-state index in [4.69, 9.17) is 4.74 Å². The molecule has 0 aliphatic carbocycles. The van der Waals surface area contributed by atoms with E-state index in [1.165, 1.54) is 33.4 Å². The fourth-order valence-corrected chi connectivity index (χ4v) is 3.15. The highest BCUT2D eigenvalue weighted by molar-refractivity contribution is 5.64. The summed E-state index contributed by atoms with van der Waals surface area (Å²) in [6, 6.07) is 26.4. The van der Waals surface area contributed by atoms with Gasteiger partial charge in [-0.1, -0.05) is 84.9 Å². The van der Waals surface area contributed by atoms with Crippen LogP contribution in [0.25, 0.3) is 17.2 Å². The molecule has 0 spiro atoms. The quantitative estimate of drug-likeness (QED) is 0.436. The Kier molecular flexibility index (Phi) is 7.01. The number of allylic oxidation sites excluding steroid dienone is 1. The first kappa shape index (κ1) is 19.1. The molecule has 3 rings (SSSR count). The van der Waals surface area contributed by atoms with E-state index in [0.29, 0.717) is 6.61 Å². The SMILES string of the molecule is CC=Cc1ccc(CCc2ccc(-c3ccc(COCC)cc3)cc2)cc1. The third kappa shape index (κ3) is 5.67. The molecule has 0 amide bonds. The molecule has 0 aliphatic rings. The Morgan fingerprint density at radius 1 is 0.667 bits per heavy atom. The van der Waals surface area contributed by atoms with Gasteiger partial charge in [-0.25, -0.2) is 0 Å². The lowest BCUT2D eigenvalue weighted by Gasteiger charge is -2.07. The highest BCUT2D eigenvalue weighted by atomic mass is 16.5. The zero-order chi connectivity index (χ0) is 18.9. The maximum atomic E-state index is 5.46. The van der Waals surface area contributed by atoms with Crippen LogP contribution >= 0.6 is 0 Å². The molecule has 0 unspecified atom stereocenters. The number of hydrogen-bond acceptors (Lipinski definition) is 1. The summed E-state index contributed by atoms with van der Waals surface area (Å²) < 4.78 is 5.46. The third-order valence-electron chi connectivity index (χ3n) is 4.76. The van der Waals surface area contributed by atoms with Gasteiger partial charge in [0.15, 0.2) is 0 Å². The van der Waals surface area contributed by atoms with Crippen LogP contribution in [0.5, 0.6) is 0 Å². The van der Waals surface area contributed by atoms with Crippen molar-refractivity contribution in [3.05, 3.63) is 101 Å². The summed E-state index contributed by atoms with van der Waals surface area (Å²) in [5.41, 5.74) is 7.76. The van der Waals surface area contributed by atoms with Gasteiger partial charge < -0.3 is 4.74 Å². The van der Waals surface area contributed by atoms with Crippen molar-refractivity contribution in [3.63, 3.8) is 0 Å². The minimum Gasteiger partial charge on any atom is -0.377 e. The number of benzene rings is 3. The lowest BCUT2D eigenvalue weighted by molar-refractivity contribution is 0.134. The summed E-state index contributed by atoms with van der Waals surface area (Å²) >= 11 is 0.